The summed E-state index contributed by atoms with van der Waals surface area (Å²) in [7, 11) is 0. The zero-order valence-corrected chi connectivity index (χ0v) is 26.1. The first kappa shape index (κ1) is 27.8. The molecule has 8 aromatic carbocycles. The minimum absolute atomic E-state index is 0.635. The van der Waals surface area contributed by atoms with Gasteiger partial charge in [-0.15, -0.1) is 0 Å². The molecule has 9 rings (SSSR count). The Bertz CT molecular complexity index is 2550. The Morgan fingerprint density at radius 3 is 1.38 bits per heavy atom. The topological polar surface area (TPSA) is 38.7 Å². The van der Waals surface area contributed by atoms with Gasteiger partial charge in [-0.25, -0.2) is 15.0 Å². The SMILES string of the molecule is c1ccc(-c2nc(-c3ccccc3)nc(-c3cc(-c4cccc5ccccc45)cc(-c4cc5ccccc5c5ccccc45)c3)n2)cc1. The lowest BCUT2D eigenvalue weighted by Gasteiger charge is -2.16. The molecule has 0 fully saturated rings. The van der Waals surface area contributed by atoms with E-state index in [1.165, 1.54) is 43.4 Å². The molecule has 1 heterocycles. The molecule has 1 aromatic heterocycles. The third kappa shape index (κ3) is 4.99. The fourth-order valence-corrected chi connectivity index (χ4v) is 6.78. The molecule has 0 amide bonds. The molecule has 0 saturated carbocycles. The van der Waals surface area contributed by atoms with Gasteiger partial charge in [0.05, 0.1) is 0 Å². The Morgan fingerprint density at radius 2 is 0.708 bits per heavy atom. The van der Waals surface area contributed by atoms with Gasteiger partial charge in [0.1, 0.15) is 0 Å². The van der Waals surface area contributed by atoms with Crippen LogP contribution in [0.1, 0.15) is 0 Å². The molecule has 3 nitrogen and oxygen atoms in total. The molecule has 0 saturated heterocycles. The minimum Gasteiger partial charge on any atom is -0.208 e. The number of fused-ring (bicyclic) bond motifs is 4. The normalized spacial score (nSPS) is 11.3. The van der Waals surface area contributed by atoms with Crippen molar-refractivity contribution in [3.8, 4) is 56.4 Å². The molecule has 0 atom stereocenters. The van der Waals surface area contributed by atoms with Crippen molar-refractivity contribution in [1.29, 1.82) is 0 Å². The van der Waals surface area contributed by atoms with Gasteiger partial charge in [0.2, 0.25) is 0 Å². The second-order valence-electron chi connectivity index (χ2n) is 12.1. The van der Waals surface area contributed by atoms with E-state index in [0.717, 1.165) is 27.8 Å². The standard InChI is InChI=1S/C45H29N3/c1-3-15-31(16-4-1)43-46-44(32-17-5-2-6-18-32)48-45(47-43)36-27-34(39-25-13-20-30-14-7-9-21-37(30)39)26-35(28-36)42-29-33-19-8-10-22-38(33)40-23-11-12-24-41(40)42/h1-29H. The van der Waals surface area contributed by atoms with Gasteiger partial charge in [0, 0.05) is 16.7 Å². The third-order valence-corrected chi connectivity index (χ3v) is 9.07. The van der Waals surface area contributed by atoms with Crippen molar-refractivity contribution in [2.24, 2.45) is 0 Å². The Hall–Kier alpha value is -6.45. The lowest BCUT2D eigenvalue weighted by molar-refractivity contribution is 1.07. The molecule has 0 radical (unpaired) electrons. The van der Waals surface area contributed by atoms with Gasteiger partial charge in [0.25, 0.3) is 0 Å². The van der Waals surface area contributed by atoms with E-state index < -0.39 is 0 Å². The van der Waals surface area contributed by atoms with Crippen molar-refractivity contribution in [1.82, 2.24) is 15.0 Å². The van der Waals surface area contributed by atoms with E-state index in [4.69, 9.17) is 15.0 Å². The highest BCUT2D eigenvalue weighted by atomic mass is 15.0. The molecule has 3 heteroatoms. The van der Waals surface area contributed by atoms with Crippen molar-refractivity contribution in [3.63, 3.8) is 0 Å². The van der Waals surface area contributed by atoms with Gasteiger partial charge in [-0.2, -0.15) is 0 Å². The number of hydrogen-bond donors (Lipinski definition) is 0. The predicted molar refractivity (Wildman–Crippen MR) is 200 cm³/mol. The maximum Gasteiger partial charge on any atom is 0.164 e. The summed E-state index contributed by atoms with van der Waals surface area (Å²) in [6.07, 6.45) is 0. The van der Waals surface area contributed by atoms with Crippen molar-refractivity contribution in [2.75, 3.05) is 0 Å². The summed E-state index contributed by atoms with van der Waals surface area (Å²) in [5.74, 6) is 1.93. The summed E-state index contributed by atoms with van der Waals surface area (Å²) in [6, 6.07) is 61.8. The minimum atomic E-state index is 0.635. The van der Waals surface area contributed by atoms with E-state index in [-0.39, 0.29) is 0 Å². The lowest BCUT2D eigenvalue weighted by atomic mass is 9.89. The van der Waals surface area contributed by atoms with Crippen LogP contribution in [0.15, 0.2) is 176 Å². The Kier molecular flexibility index (Phi) is 6.80. The van der Waals surface area contributed by atoms with Gasteiger partial charge >= 0.3 is 0 Å². The summed E-state index contributed by atoms with van der Waals surface area (Å²) in [5, 5.41) is 7.32. The first-order valence-corrected chi connectivity index (χ1v) is 16.2. The van der Waals surface area contributed by atoms with E-state index in [9.17, 15) is 0 Å². The monoisotopic (exact) mass is 611 g/mol. The average molecular weight is 612 g/mol. The van der Waals surface area contributed by atoms with Crippen molar-refractivity contribution in [3.05, 3.63) is 176 Å². The van der Waals surface area contributed by atoms with Gasteiger partial charge < -0.3 is 0 Å². The van der Waals surface area contributed by atoms with Crippen molar-refractivity contribution in [2.45, 2.75) is 0 Å². The van der Waals surface area contributed by atoms with Gasteiger partial charge in [0.15, 0.2) is 17.5 Å². The molecule has 48 heavy (non-hydrogen) atoms. The zero-order valence-electron chi connectivity index (χ0n) is 26.1. The largest absolute Gasteiger partial charge is 0.208 e. The van der Waals surface area contributed by atoms with Crippen LogP contribution in [-0.4, -0.2) is 15.0 Å². The van der Waals surface area contributed by atoms with E-state index in [0.29, 0.717) is 17.5 Å². The molecule has 9 aromatic rings. The van der Waals surface area contributed by atoms with Crippen LogP contribution < -0.4 is 0 Å². The summed E-state index contributed by atoms with van der Waals surface area (Å²) in [4.78, 5) is 15.2. The Balaban J connectivity index is 1.35. The van der Waals surface area contributed by atoms with E-state index in [1.54, 1.807) is 0 Å². The molecule has 224 valence electrons. The molecular formula is C45H29N3. The highest BCUT2D eigenvalue weighted by Gasteiger charge is 2.17. The average Bonchev–Trinajstić information content (AvgIpc) is 3.17. The second-order valence-corrected chi connectivity index (χ2v) is 12.1. The summed E-state index contributed by atoms with van der Waals surface area (Å²) < 4.78 is 0. The van der Waals surface area contributed by atoms with Crippen LogP contribution in [0, 0.1) is 0 Å². The van der Waals surface area contributed by atoms with Crippen LogP contribution in [0.4, 0.5) is 0 Å². The van der Waals surface area contributed by atoms with Gasteiger partial charge in [-0.05, 0) is 78.8 Å². The number of aromatic nitrogens is 3. The molecule has 0 bridgehead atoms. The molecule has 0 aliphatic rings. The highest BCUT2D eigenvalue weighted by Crippen LogP contribution is 2.40. The number of hydrogen-bond acceptors (Lipinski definition) is 3. The molecule has 0 aliphatic heterocycles. The smallest absolute Gasteiger partial charge is 0.164 e. The fraction of sp³-hybridized carbons (Fsp3) is 0. The molecule has 0 unspecified atom stereocenters. The Morgan fingerprint density at radius 1 is 0.250 bits per heavy atom. The number of nitrogens with zero attached hydrogens (tertiary/aromatic N) is 3. The van der Waals surface area contributed by atoms with Gasteiger partial charge in [-0.3, -0.25) is 0 Å². The highest BCUT2D eigenvalue weighted by molar-refractivity contribution is 6.14. The Labute approximate surface area is 278 Å². The van der Waals surface area contributed by atoms with Crippen LogP contribution in [0.5, 0.6) is 0 Å². The maximum absolute atomic E-state index is 5.12. The second kappa shape index (κ2) is 11.7. The van der Waals surface area contributed by atoms with E-state index in [2.05, 4.69) is 115 Å². The van der Waals surface area contributed by atoms with Crippen LogP contribution in [0.25, 0.3) is 88.7 Å². The van der Waals surface area contributed by atoms with Crippen LogP contribution >= 0.6 is 0 Å². The number of benzene rings is 8. The van der Waals surface area contributed by atoms with Crippen LogP contribution in [0.3, 0.4) is 0 Å². The number of rotatable bonds is 5. The van der Waals surface area contributed by atoms with E-state index >= 15 is 0 Å². The maximum atomic E-state index is 5.12. The lowest BCUT2D eigenvalue weighted by Crippen LogP contribution is -2.00. The molecule has 0 spiro atoms. The van der Waals surface area contributed by atoms with Crippen molar-refractivity contribution >= 4 is 32.3 Å². The fourth-order valence-electron chi connectivity index (χ4n) is 6.78. The zero-order chi connectivity index (χ0) is 31.9. The molecular weight excluding hydrogens is 583 g/mol. The van der Waals surface area contributed by atoms with Crippen LogP contribution in [-0.2, 0) is 0 Å². The van der Waals surface area contributed by atoms with Crippen LogP contribution in [0.2, 0.25) is 0 Å². The quantitative estimate of drug-likeness (QED) is 0.182. The molecule has 0 aliphatic carbocycles. The summed E-state index contributed by atoms with van der Waals surface area (Å²) >= 11 is 0. The first-order valence-electron chi connectivity index (χ1n) is 16.2. The first-order chi connectivity index (χ1) is 23.8. The van der Waals surface area contributed by atoms with E-state index in [1.807, 2.05) is 60.7 Å². The van der Waals surface area contributed by atoms with Gasteiger partial charge in [-0.1, -0.05) is 152 Å². The predicted octanol–water partition coefficient (Wildman–Crippen LogP) is 11.7. The summed E-state index contributed by atoms with van der Waals surface area (Å²) in [5.41, 5.74) is 7.40. The third-order valence-electron chi connectivity index (χ3n) is 9.07. The van der Waals surface area contributed by atoms with Crippen molar-refractivity contribution < 1.29 is 0 Å². The summed E-state index contributed by atoms with van der Waals surface area (Å²) in [6.45, 7) is 0. The molecule has 0 N–H and O–H groups in total.